The molecule has 1 unspecified atom stereocenters. The molecule has 4 aliphatic rings. The van der Waals surface area contributed by atoms with Crippen LogP contribution >= 0.6 is 0 Å². The van der Waals surface area contributed by atoms with Gasteiger partial charge in [-0.2, -0.15) is 5.10 Å². The molecule has 1 aromatic heterocycles. The van der Waals surface area contributed by atoms with Gasteiger partial charge in [0.05, 0.1) is 11.7 Å². The van der Waals surface area contributed by atoms with E-state index in [1.165, 1.54) is 50.6 Å². The van der Waals surface area contributed by atoms with Crippen molar-refractivity contribution in [1.82, 2.24) is 15.1 Å². The zero-order chi connectivity index (χ0) is 14.4. The molecule has 0 radical (unpaired) electrons. The summed E-state index contributed by atoms with van der Waals surface area (Å²) in [6.45, 7) is 3.25. The largest absolute Gasteiger partial charge is 0.309 e. The van der Waals surface area contributed by atoms with Crippen LogP contribution in [0.4, 0.5) is 0 Å². The third-order valence-electron chi connectivity index (χ3n) is 6.34. The Bertz CT molecular complexity index is 469. The second-order valence-electron chi connectivity index (χ2n) is 8.15. The van der Waals surface area contributed by atoms with Crippen LogP contribution < -0.4 is 5.32 Å². The molecule has 4 saturated carbocycles. The molecule has 5 rings (SSSR count). The number of aryl methyl sites for hydroxylation is 1. The lowest BCUT2D eigenvalue weighted by molar-refractivity contribution is -0.0624. The molecular weight excluding hydrogens is 258 g/mol. The first-order valence-corrected chi connectivity index (χ1v) is 8.89. The van der Waals surface area contributed by atoms with E-state index < -0.39 is 0 Å². The fourth-order valence-corrected chi connectivity index (χ4v) is 6.12. The summed E-state index contributed by atoms with van der Waals surface area (Å²) in [6.07, 6.45) is 12.5. The quantitative estimate of drug-likeness (QED) is 0.895. The van der Waals surface area contributed by atoms with Gasteiger partial charge in [-0.25, -0.2) is 0 Å². The first-order valence-electron chi connectivity index (χ1n) is 8.89. The van der Waals surface area contributed by atoms with Crippen LogP contribution in [0, 0.1) is 23.2 Å². The van der Waals surface area contributed by atoms with E-state index in [2.05, 4.69) is 29.6 Å². The Morgan fingerprint density at radius 3 is 2.33 bits per heavy atom. The Morgan fingerprint density at radius 2 is 1.86 bits per heavy atom. The molecule has 1 atom stereocenters. The second-order valence-corrected chi connectivity index (χ2v) is 8.15. The van der Waals surface area contributed by atoms with Gasteiger partial charge in [0, 0.05) is 13.2 Å². The van der Waals surface area contributed by atoms with Gasteiger partial charge in [0.1, 0.15) is 0 Å². The molecular formula is C18H29N3. The average molecular weight is 287 g/mol. The van der Waals surface area contributed by atoms with Crippen LogP contribution in [-0.4, -0.2) is 16.3 Å². The minimum absolute atomic E-state index is 0.451. The lowest BCUT2D eigenvalue weighted by Gasteiger charge is -2.57. The van der Waals surface area contributed by atoms with Crippen molar-refractivity contribution >= 4 is 0 Å². The standard InChI is InChI=1S/C18H29N3/c1-3-19-17(16-4-5-21(2)20-16)12-18-9-13-6-14(10-18)8-15(7-13)11-18/h4-5,13-15,17,19H,3,6-12H2,1-2H3. The summed E-state index contributed by atoms with van der Waals surface area (Å²) in [5.74, 6) is 3.13. The zero-order valence-corrected chi connectivity index (χ0v) is 13.5. The van der Waals surface area contributed by atoms with Crippen molar-refractivity contribution in [1.29, 1.82) is 0 Å². The number of rotatable bonds is 5. The third-order valence-corrected chi connectivity index (χ3v) is 6.34. The minimum Gasteiger partial charge on any atom is -0.309 e. The molecule has 4 aliphatic carbocycles. The number of aromatic nitrogens is 2. The molecule has 3 nitrogen and oxygen atoms in total. The maximum Gasteiger partial charge on any atom is 0.0794 e. The summed E-state index contributed by atoms with van der Waals surface area (Å²) in [7, 11) is 2.03. The van der Waals surface area contributed by atoms with Gasteiger partial charge >= 0.3 is 0 Å². The van der Waals surface area contributed by atoms with Gasteiger partial charge < -0.3 is 5.32 Å². The Kier molecular flexibility index (Phi) is 3.36. The number of nitrogens with one attached hydrogen (secondary N) is 1. The Balaban J connectivity index is 1.55. The Morgan fingerprint density at radius 1 is 1.24 bits per heavy atom. The van der Waals surface area contributed by atoms with E-state index in [1.807, 2.05) is 11.7 Å². The summed E-state index contributed by atoms with van der Waals surface area (Å²) in [4.78, 5) is 0. The van der Waals surface area contributed by atoms with Crippen molar-refractivity contribution in [3.63, 3.8) is 0 Å². The van der Waals surface area contributed by atoms with Gasteiger partial charge in [0.2, 0.25) is 0 Å². The van der Waals surface area contributed by atoms with E-state index in [4.69, 9.17) is 0 Å². The molecule has 116 valence electrons. The predicted molar refractivity (Wildman–Crippen MR) is 84.8 cm³/mol. The van der Waals surface area contributed by atoms with Crippen molar-refractivity contribution < 1.29 is 0 Å². The van der Waals surface area contributed by atoms with Crippen LogP contribution in [0.3, 0.4) is 0 Å². The molecule has 0 saturated heterocycles. The van der Waals surface area contributed by atoms with E-state index >= 15 is 0 Å². The number of nitrogens with zero attached hydrogens (tertiary/aromatic N) is 2. The van der Waals surface area contributed by atoms with Crippen molar-refractivity contribution in [2.24, 2.45) is 30.2 Å². The van der Waals surface area contributed by atoms with Gasteiger partial charge in [-0.1, -0.05) is 6.92 Å². The van der Waals surface area contributed by atoms with Gasteiger partial charge in [-0.05, 0) is 80.7 Å². The van der Waals surface area contributed by atoms with Gasteiger partial charge in [-0.15, -0.1) is 0 Å². The van der Waals surface area contributed by atoms with E-state index in [-0.39, 0.29) is 0 Å². The molecule has 0 aromatic carbocycles. The van der Waals surface area contributed by atoms with Crippen molar-refractivity contribution in [3.8, 4) is 0 Å². The summed E-state index contributed by atoms with van der Waals surface area (Å²) in [6, 6.07) is 2.65. The Hall–Kier alpha value is -0.830. The van der Waals surface area contributed by atoms with E-state index in [1.54, 1.807) is 0 Å². The maximum absolute atomic E-state index is 4.68. The smallest absolute Gasteiger partial charge is 0.0794 e. The van der Waals surface area contributed by atoms with Crippen LogP contribution in [0.2, 0.25) is 0 Å². The van der Waals surface area contributed by atoms with Crippen LogP contribution in [0.25, 0.3) is 0 Å². The van der Waals surface area contributed by atoms with E-state index in [0.29, 0.717) is 11.5 Å². The van der Waals surface area contributed by atoms with Gasteiger partial charge in [0.25, 0.3) is 0 Å². The van der Waals surface area contributed by atoms with Crippen molar-refractivity contribution in [2.75, 3.05) is 6.54 Å². The molecule has 1 aromatic rings. The highest BCUT2D eigenvalue weighted by Gasteiger charge is 2.51. The lowest BCUT2D eigenvalue weighted by Crippen LogP contribution is -2.47. The second kappa shape index (κ2) is 5.12. The highest BCUT2D eigenvalue weighted by Crippen LogP contribution is 2.62. The highest BCUT2D eigenvalue weighted by molar-refractivity contribution is 5.10. The Labute approximate surface area is 128 Å². The minimum atomic E-state index is 0.451. The van der Waals surface area contributed by atoms with E-state index in [9.17, 15) is 0 Å². The molecule has 0 aliphatic heterocycles. The highest BCUT2D eigenvalue weighted by atomic mass is 15.3. The molecule has 0 spiro atoms. The van der Waals surface area contributed by atoms with Gasteiger partial charge in [-0.3, -0.25) is 4.68 Å². The first kappa shape index (κ1) is 13.8. The molecule has 4 bridgehead atoms. The lowest BCUT2D eigenvalue weighted by atomic mass is 9.48. The maximum atomic E-state index is 4.68. The molecule has 0 amide bonds. The predicted octanol–water partition coefficient (Wildman–Crippen LogP) is 3.68. The number of hydrogen-bond donors (Lipinski definition) is 1. The van der Waals surface area contributed by atoms with Crippen LogP contribution in [0.5, 0.6) is 0 Å². The third kappa shape index (κ3) is 2.54. The average Bonchev–Trinajstić information content (AvgIpc) is 2.83. The van der Waals surface area contributed by atoms with Crippen LogP contribution in [0.15, 0.2) is 12.3 Å². The summed E-state index contributed by atoms with van der Waals surface area (Å²) >= 11 is 0. The SMILES string of the molecule is CCNC(CC12CC3CC(CC(C3)C1)C2)c1ccn(C)n1. The molecule has 1 N–H and O–H groups in total. The topological polar surface area (TPSA) is 29.9 Å². The summed E-state index contributed by atoms with van der Waals surface area (Å²) in [5.41, 5.74) is 1.87. The van der Waals surface area contributed by atoms with Crippen LogP contribution in [0.1, 0.15) is 63.6 Å². The number of hydrogen-bond acceptors (Lipinski definition) is 2. The summed E-state index contributed by atoms with van der Waals surface area (Å²) < 4.78 is 1.94. The monoisotopic (exact) mass is 287 g/mol. The van der Waals surface area contributed by atoms with Gasteiger partial charge in [0.15, 0.2) is 0 Å². The molecule has 21 heavy (non-hydrogen) atoms. The molecule has 3 heteroatoms. The first-order chi connectivity index (χ1) is 10.2. The molecule has 4 fully saturated rings. The van der Waals surface area contributed by atoms with E-state index in [0.717, 1.165) is 24.3 Å². The van der Waals surface area contributed by atoms with Crippen molar-refractivity contribution in [3.05, 3.63) is 18.0 Å². The van der Waals surface area contributed by atoms with Crippen molar-refractivity contribution in [2.45, 2.75) is 57.9 Å². The summed E-state index contributed by atoms with van der Waals surface area (Å²) in [5, 5.41) is 8.39. The molecule has 1 heterocycles. The fraction of sp³-hybridized carbons (Fsp3) is 0.833. The normalized spacial score (nSPS) is 38.9. The zero-order valence-electron chi connectivity index (χ0n) is 13.5. The van der Waals surface area contributed by atoms with Crippen LogP contribution in [-0.2, 0) is 7.05 Å². The fourth-order valence-electron chi connectivity index (χ4n) is 6.12.